The highest BCUT2D eigenvalue weighted by Gasteiger charge is 2.71. The Labute approximate surface area is 272 Å². The van der Waals surface area contributed by atoms with E-state index in [-0.39, 0.29) is 27.1 Å². The van der Waals surface area contributed by atoms with Gasteiger partial charge in [0.2, 0.25) is 5.91 Å². The predicted octanol–water partition coefficient (Wildman–Crippen LogP) is 8.88. The summed E-state index contributed by atoms with van der Waals surface area (Å²) >= 11 is 0. The van der Waals surface area contributed by atoms with E-state index in [2.05, 4.69) is 59.9 Å². The van der Waals surface area contributed by atoms with E-state index in [1.54, 1.807) is 19.2 Å². The number of nitrogens with one attached hydrogen (secondary N) is 1. The first kappa shape index (κ1) is 32.8. The number of carbonyl (C=O) groups is 2. The van der Waals surface area contributed by atoms with Gasteiger partial charge in [-0.15, -0.1) is 0 Å². The van der Waals surface area contributed by atoms with Crippen molar-refractivity contribution in [2.45, 2.75) is 106 Å². The molecule has 5 aliphatic rings. The molecule has 0 saturated heterocycles. The van der Waals surface area contributed by atoms with Gasteiger partial charge in [-0.25, -0.2) is 4.79 Å². The molecule has 2 N–H and O–H groups in total. The van der Waals surface area contributed by atoms with Crippen LogP contribution in [0.3, 0.4) is 0 Å². The second kappa shape index (κ2) is 11.2. The number of benzene rings is 1. The molecular formula is C40H59NO4. The lowest BCUT2D eigenvalue weighted by Gasteiger charge is -2.72. The lowest BCUT2D eigenvalue weighted by atomic mass is 9.32. The van der Waals surface area contributed by atoms with Crippen LogP contribution in [0.5, 0.6) is 0 Å². The number of fused-ring (bicyclic) bond motifs is 7. The predicted molar refractivity (Wildman–Crippen MR) is 181 cm³/mol. The summed E-state index contributed by atoms with van der Waals surface area (Å²) < 4.78 is 5.29. The maximum atomic E-state index is 14.1. The fourth-order valence-corrected chi connectivity index (χ4v) is 13.1. The fourth-order valence-electron chi connectivity index (χ4n) is 13.1. The molecule has 0 bridgehead atoms. The second-order valence-corrected chi connectivity index (χ2v) is 17.5. The van der Waals surface area contributed by atoms with Crippen LogP contribution in [0.25, 0.3) is 5.57 Å². The second-order valence-electron chi connectivity index (χ2n) is 17.5. The fraction of sp³-hybridized carbons (Fsp3) is 0.750. The molecule has 0 spiro atoms. The van der Waals surface area contributed by atoms with E-state index in [9.17, 15) is 14.7 Å². The summed E-state index contributed by atoms with van der Waals surface area (Å²) in [5, 5.41) is 12.8. The number of methoxy groups -OCH3 is 1. The molecule has 9 atom stereocenters. The molecule has 6 rings (SSSR count). The van der Waals surface area contributed by atoms with Crippen molar-refractivity contribution in [1.82, 2.24) is 5.32 Å². The van der Waals surface area contributed by atoms with Gasteiger partial charge in [-0.05, 0) is 138 Å². The summed E-state index contributed by atoms with van der Waals surface area (Å²) in [5.74, 6) is 2.92. The van der Waals surface area contributed by atoms with Gasteiger partial charge in [0.1, 0.15) is 0 Å². The van der Waals surface area contributed by atoms with Crippen molar-refractivity contribution in [1.29, 1.82) is 0 Å². The summed E-state index contributed by atoms with van der Waals surface area (Å²) in [4.78, 5) is 25.6. The zero-order chi connectivity index (χ0) is 32.6. The third-order valence-corrected chi connectivity index (χ3v) is 15.4. The minimum Gasteiger partial charge on any atom is -0.478 e. The van der Waals surface area contributed by atoms with Gasteiger partial charge >= 0.3 is 5.97 Å². The Morgan fingerprint density at radius 1 is 0.911 bits per heavy atom. The molecule has 0 radical (unpaired) electrons. The highest BCUT2D eigenvalue weighted by Crippen LogP contribution is 2.77. The molecule has 1 amide bonds. The van der Waals surface area contributed by atoms with Crippen LogP contribution in [-0.2, 0) is 9.53 Å². The van der Waals surface area contributed by atoms with Crippen LogP contribution in [0, 0.1) is 62.6 Å². The number of carboxylic acids is 1. The zero-order valence-electron chi connectivity index (χ0n) is 29.3. The van der Waals surface area contributed by atoms with E-state index >= 15 is 0 Å². The van der Waals surface area contributed by atoms with Crippen molar-refractivity contribution in [3.8, 4) is 0 Å². The smallest absolute Gasteiger partial charge is 0.335 e. The van der Waals surface area contributed by atoms with Gasteiger partial charge in [0, 0.05) is 13.7 Å². The zero-order valence-corrected chi connectivity index (χ0v) is 29.3. The molecule has 4 fully saturated rings. The first-order chi connectivity index (χ1) is 21.2. The van der Waals surface area contributed by atoms with Crippen molar-refractivity contribution < 1.29 is 19.4 Å². The van der Waals surface area contributed by atoms with Crippen LogP contribution >= 0.6 is 0 Å². The summed E-state index contributed by atoms with van der Waals surface area (Å²) in [6.07, 6.45) is 13.0. The normalized spacial score (nSPS) is 41.7. The molecule has 5 heteroatoms. The summed E-state index contributed by atoms with van der Waals surface area (Å²) in [5.41, 5.74) is 3.38. The van der Waals surface area contributed by atoms with Gasteiger partial charge in [-0.1, -0.05) is 66.7 Å². The van der Waals surface area contributed by atoms with Crippen LogP contribution in [0.4, 0.5) is 0 Å². The molecule has 1 aromatic rings. The Morgan fingerprint density at radius 2 is 1.62 bits per heavy atom. The van der Waals surface area contributed by atoms with Crippen molar-refractivity contribution in [3.63, 3.8) is 0 Å². The van der Waals surface area contributed by atoms with Gasteiger partial charge in [0.15, 0.2) is 0 Å². The minimum absolute atomic E-state index is 0.00697. The Hall–Kier alpha value is -2.14. The van der Waals surface area contributed by atoms with Gasteiger partial charge in [0.05, 0.1) is 17.6 Å². The Balaban J connectivity index is 1.34. The number of rotatable bonds is 7. The largest absolute Gasteiger partial charge is 0.478 e. The molecule has 4 saturated carbocycles. The van der Waals surface area contributed by atoms with Gasteiger partial charge in [0.25, 0.3) is 0 Å². The number of ether oxygens (including phenoxy) is 1. The molecule has 5 aliphatic carbocycles. The Bertz CT molecular complexity index is 1350. The number of hydrogen-bond acceptors (Lipinski definition) is 3. The monoisotopic (exact) mass is 617 g/mol. The number of amides is 1. The molecule has 0 aliphatic heterocycles. The average Bonchev–Trinajstić information content (AvgIpc) is 3.39. The average molecular weight is 618 g/mol. The van der Waals surface area contributed by atoms with Crippen LogP contribution < -0.4 is 5.32 Å². The van der Waals surface area contributed by atoms with Crippen LogP contribution in [0.2, 0.25) is 0 Å². The molecule has 0 heterocycles. The van der Waals surface area contributed by atoms with Crippen molar-refractivity contribution in [2.24, 2.45) is 62.6 Å². The lowest BCUT2D eigenvalue weighted by molar-refractivity contribution is -0.227. The van der Waals surface area contributed by atoms with Crippen LogP contribution in [-0.4, -0.2) is 37.2 Å². The molecular weight excluding hydrogens is 558 g/mol. The number of hydrogen-bond donors (Lipinski definition) is 2. The first-order valence-electron chi connectivity index (χ1n) is 18.0. The van der Waals surface area contributed by atoms with Gasteiger partial charge in [-0.2, -0.15) is 0 Å². The van der Waals surface area contributed by atoms with E-state index < -0.39 is 5.97 Å². The molecule has 45 heavy (non-hydrogen) atoms. The summed E-state index contributed by atoms with van der Waals surface area (Å²) in [7, 11) is 1.71. The van der Waals surface area contributed by atoms with E-state index in [1.807, 2.05) is 12.1 Å². The molecule has 1 aromatic carbocycles. The quantitative estimate of drug-likeness (QED) is 0.300. The maximum absolute atomic E-state index is 14.1. The number of carboxylic acid groups (broad SMARTS) is 1. The lowest BCUT2D eigenvalue weighted by Crippen LogP contribution is -2.66. The van der Waals surface area contributed by atoms with Crippen LogP contribution in [0.1, 0.15) is 122 Å². The Morgan fingerprint density at radius 3 is 2.27 bits per heavy atom. The molecule has 5 nitrogen and oxygen atoms in total. The van der Waals surface area contributed by atoms with E-state index in [0.29, 0.717) is 60.1 Å². The highest BCUT2D eigenvalue weighted by atomic mass is 16.5. The maximum Gasteiger partial charge on any atom is 0.335 e. The SMILES string of the molecule is COCCNC(=O)[C@]12CC[C@@H](C(C)C)[C@@H]1[C@H]1CC[C@@H]3[C@@]4(C)CC=C(c5ccc(C(=O)O)cc5)C(C)(C)[C@@H]4CC[C@@]3(C)[C@]1(C)CC2. The number of allylic oxidation sites excluding steroid dienone is 2. The first-order valence-corrected chi connectivity index (χ1v) is 18.0. The topological polar surface area (TPSA) is 75.6 Å². The number of aromatic carboxylic acids is 1. The van der Waals surface area contributed by atoms with Crippen molar-refractivity contribution in [3.05, 3.63) is 41.5 Å². The minimum atomic E-state index is -0.870. The van der Waals surface area contributed by atoms with Gasteiger partial charge in [-0.3, -0.25) is 4.79 Å². The van der Waals surface area contributed by atoms with Crippen LogP contribution in [0.15, 0.2) is 30.3 Å². The third-order valence-electron chi connectivity index (χ3n) is 15.4. The summed E-state index contributed by atoms with van der Waals surface area (Å²) in [6.45, 7) is 18.8. The standard InChI is InChI=1S/C40H59NO4/c1-25(2)28-15-20-40(35(44)41-23-24-45-8)22-21-38(6)30(33(28)40)13-14-32-37(5)18-16-29(26-9-11-27(12-10-26)34(42)43)36(3,4)31(37)17-19-39(32,38)7/h9-12,16,25,28,30-33H,13-15,17-24H2,1-8H3,(H,41,44)(H,42,43)/t28-,30+,31-,32+,33+,37-,38+,39+,40-/m0/s1. The number of carbonyl (C=O) groups excluding carboxylic acids is 1. The van der Waals surface area contributed by atoms with Crippen molar-refractivity contribution in [2.75, 3.05) is 20.3 Å². The van der Waals surface area contributed by atoms with Crippen molar-refractivity contribution >= 4 is 17.4 Å². The highest BCUT2D eigenvalue weighted by molar-refractivity contribution is 5.88. The van der Waals surface area contributed by atoms with E-state index in [0.717, 1.165) is 25.7 Å². The molecule has 248 valence electrons. The van der Waals surface area contributed by atoms with Gasteiger partial charge < -0.3 is 15.2 Å². The summed E-state index contributed by atoms with van der Waals surface area (Å²) in [6, 6.07) is 7.56. The molecule has 0 aromatic heterocycles. The third kappa shape index (κ3) is 4.63. The Kier molecular flexibility index (Phi) is 8.19. The van der Waals surface area contributed by atoms with E-state index in [4.69, 9.17) is 4.74 Å². The molecule has 0 unspecified atom stereocenters. The van der Waals surface area contributed by atoms with E-state index in [1.165, 1.54) is 43.2 Å².